The molecule has 24 heavy (non-hydrogen) atoms. The Labute approximate surface area is 142 Å². The number of hydrogen-bond donors (Lipinski definition) is 0. The second-order valence-electron chi connectivity index (χ2n) is 5.30. The van der Waals surface area contributed by atoms with E-state index in [4.69, 9.17) is 9.15 Å². The molecule has 0 unspecified atom stereocenters. The average Bonchev–Trinajstić information content (AvgIpc) is 3.34. The Morgan fingerprint density at radius 2 is 2.12 bits per heavy atom. The summed E-state index contributed by atoms with van der Waals surface area (Å²) in [6, 6.07) is 13.3. The van der Waals surface area contributed by atoms with Crippen molar-refractivity contribution < 1.29 is 13.9 Å². The van der Waals surface area contributed by atoms with Gasteiger partial charge in [-0.2, -0.15) is 5.10 Å². The molecule has 3 heterocycles. The molecule has 5 nitrogen and oxygen atoms in total. The maximum atomic E-state index is 12.2. The number of thiophene rings is 1. The van der Waals surface area contributed by atoms with Crippen LogP contribution in [0.3, 0.4) is 0 Å². The summed E-state index contributed by atoms with van der Waals surface area (Å²) in [6.45, 7) is 0.716. The Morgan fingerprint density at radius 3 is 3.00 bits per heavy atom. The van der Waals surface area contributed by atoms with Crippen LogP contribution in [0.5, 0.6) is 0 Å². The fraction of sp³-hybridized carbons (Fsp3) is 0.111. The molecule has 4 rings (SSSR count). The van der Waals surface area contributed by atoms with E-state index in [2.05, 4.69) is 11.2 Å². The Balaban J connectivity index is 1.42. The predicted octanol–water partition coefficient (Wildman–Crippen LogP) is 4.10. The van der Waals surface area contributed by atoms with E-state index in [1.165, 1.54) is 4.70 Å². The molecule has 0 aliphatic rings. The van der Waals surface area contributed by atoms with Crippen molar-refractivity contribution in [1.82, 2.24) is 9.78 Å². The van der Waals surface area contributed by atoms with Gasteiger partial charge in [0.15, 0.2) is 0 Å². The predicted molar refractivity (Wildman–Crippen MR) is 91.0 cm³/mol. The lowest BCUT2D eigenvalue weighted by molar-refractivity contribution is 0.0436. The third-order valence-corrected chi connectivity index (χ3v) is 4.67. The normalized spacial score (nSPS) is 11.0. The van der Waals surface area contributed by atoms with Crippen LogP contribution >= 0.6 is 11.3 Å². The largest absolute Gasteiger partial charge is 0.455 e. The Kier molecular flexibility index (Phi) is 3.88. The molecule has 1 aromatic carbocycles. The van der Waals surface area contributed by atoms with Crippen molar-refractivity contribution in [3.05, 3.63) is 77.3 Å². The first-order valence-electron chi connectivity index (χ1n) is 7.48. The smallest absolute Gasteiger partial charge is 0.374 e. The summed E-state index contributed by atoms with van der Waals surface area (Å²) in [6.07, 6.45) is 3.53. The van der Waals surface area contributed by atoms with Crippen LogP contribution in [0.2, 0.25) is 0 Å². The summed E-state index contributed by atoms with van der Waals surface area (Å²) in [5, 5.41) is 7.24. The highest BCUT2D eigenvalue weighted by Crippen LogP contribution is 2.26. The van der Waals surface area contributed by atoms with Gasteiger partial charge in [-0.3, -0.25) is 4.68 Å². The Bertz CT molecular complexity index is 969. The van der Waals surface area contributed by atoms with E-state index < -0.39 is 5.97 Å². The van der Waals surface area contributed by atoms with Gasteiger partial charge in [0.2, 0.25) is 5.76 Å². The zero-order valence-electron chi connectivity index (χ0n) is 12.7. The van der Waals surface area contributed by atoms with Crippen LogP contribution in [0, 0.1) is 0 Å². The molecule has 0 bridgehead atoms. The van der Waals surface area contributed by atoms with Crippen molar-refractivity contribution in [2.24, 2.45) is 0 Å². The van der Waals surface area contributed by atoms with Crippen molar-refractivity contribution in [3.63, 3.8) is 0 Å². The fourth-order valence-electron chi connectivity index (χ4n) is 2.49. The molecule has 0 aliphatic carbocycles. The van der Waals surface area contributed by atoms with Gasteiger partial charge >= 0.3 is 5.97 Å². The number of ether oxygens (including phenoxy) is 1. The standard InChI is InChI=1S/C18H14N2O3S/c21-18(16-7-6-14(23-16)10-20-9-3-8-19-20)22-11-13-12-24-17-5-2-1-4-15(13)17/h1-9,12H,10-11H2. The summed E-state index contributed by atoms with van der Waals surface area (Å²) in [4.78, 5) is 12.2. The molecule has 0 spiro atoms. The maximum Gasteiger partial charge on any atom is 0.374 e. The first-order valence-corrected chi connectivity index (χ1v) is 8.36. The third kappa shape index (κ3) is 2.96. The van der Waals surface area contributed by atoms with Crippen molar-refractivity contribution in [2.75, 3.05) is 0 Å². The lowest BCUT2D eigenvalue weighted by Crippen LogP contribution is -2.04. The van der Waals surface area contributed by atoms with Crippen molar-refractivity contribution in [1.29, 1.82) is 0 Å². The molecule has 0 fully saturated rings. The summed E-state index contributed by atoms with van der Waals surface area (Å²) in [7, 11) is 0. The molecule has 0 saturated carbocycles. The molecular weight excluding hydrogens is 324 g/mol. The second-order valence-corrected chi connectivity index (χ2v) is 6.21. The highest BCUT2D eigenvalue weighted by molar-refractivity contribution is 7.17. The molecule has 3 aromatic heterocycles. The van der Waals surface area contributed by atoms with Gasteiger partial charge in [0.05, 0.1) is 6.54 Å². The van der Waals surface area contributed by atoms with Crippen LogP contribution in [0.4, 0.5) is 0 Å². The van der Waals surface area contributed by atoms with Crippen LogP contribution in [-0.4, -0.2) is 15.7 Å². The maximum absolute atomic E-state index is 12.2. The van der Waals surface area contributed by atoms with E-state index in [-0.39, 0.29) is 12.4 Å². The highest BCUT2D eigenvalue weighted by atomic mass is 32.1. The van der Waals surface area contributed by atoms with Gasteiger partial charge in [0, 0.05) is 22.7 Å². The van der Waals surface area contributed by atoms with E-state index in [1.807, 2.05) is 35.8 Å². The molecular formula is C18H14N2O3S. The zero-order valence-corrected chi connectivity index (χ0v) is 13.5. The molecule has 0 amide bonds. The lowest BCUT2D eigenvalue weighted by atomic mass is 10.2. The minimum atomic E-state index is -0.461. The highest BCUT2D eigenvalue weighted by Gasteiger charge is 2.14. The molecule has 6 heteroatoms. The number of esters is 1. The van der Waals surface area contributed by atoms with Crippen molar-refractivity contribution >= 4 is 27.4 Å². The van der Waals surface area contributed by atoms with Crippen LogP contribution < -0.4 is 0 Å². The third-order valence-electron chi connectivity index (χ3n) is 3.66. The van der Waals surface area contributed by atoms with E-state index in [0.29, 0.717) is 12.3 Å². The van der Waals surface area contributed by atoms with Crippen molar-refractivity contribution in [3.8, 4) is 0 Å². The average molecular weight is 338 g/mol. The number of nitrogens with zero attached hydrogens (tertiary/aromatic N) is 2. The minimum Gasteiger partial charge on any atom is -0.455 e. The number of fused-ring (bicyclic) bond motifs is 1. The summed E-state index contributed by atoms with van der Waals surface area (Å²) in [5.74, 6) is 0.403. The first kappa shape index (κ1) is 14.7. The number of carbonyl (C=O) groups is 1. The summed E-state index contributed by atoms with van der Waals surface area (Å²) >= 11 is 1.64. The SMILES string of the molecule is O=C(OCc1csc2ccccc12)c1ccc(Cn2cccn2)o1. The quantitative estimate of drug-likeness (QED) is 0.514. The van der Waals surface area contributed by atoms with Crippen LogP contribution in [0.15, 0.2) is 64.7 Å². The fourth-order valence-corrected chi connectivity index (χ4v) is 3.43. The molecule has 4 aromatic rings. The van der Waals surface area contributed by atoms with Gasteiger partial charge in [-0.1, -0.05) is 18.2 Å². The van der Waals surface area contributed by atoms with Crippen molar-refractivity contribution in [2.45, 2.75) is 13.2 Å². The molecule has 0 saturated heterocycles. The number of furan rings is 1. The van der Waals surface area contributed by atoms with Crippen LogP contribution in [-0.2, 0) is 17.9 Å². The summed E-state index contributed by atoms with van der Waals surface area (Å²) in [5.41, 5.74) is 1.01. The molecule has 120 valence electrons. The van der Waals surface area contributed by atoms with Gasteiger partial charge in [-0.25, -0.2) is 4.79 Å². The van der Waals surface area contributed by atoms with Crippen LogP contribution in [0.25, 0.3) is 10.1 Å². The van der Waals surface area contributed by atoms with Gasteiger partial charge < -0.3 is 9.15 Å². The van der Waals surface area contributed by atoms with Gasteiger partial charge in [0.1, 0.15) is 12.4 Å². The van der Waals surface area contributed by atoms with Gasteiger partial charge in [-0.15, -0.1) is 11.3 Å². The Hall–Kier alpha value is -2.86. The van der Waals surface area contributed by atoms with E-state index >= 15 is 0 Å². The number of carbonyl (C=O) groups excluding carboxylic acids is 1. The monoisotopic (exact) mass is 338 g/mol. The van der Waals surface area contributed by atoms with Crippen LogP contribution in [0.1, 0.15) is 21.9 Å². The number of benzene rings is 1. The van der Waals surface area contributed by atoms with Gasteiger partial charge in [-0.05, 0) is 35.0 Å². The van der Waals surface area contributed by atoms with E-state index in [0.717, 1.165) is 10.9 Å². The molecule has 0 aliphatic heterocycles. The minimum absolute atomic E-state index is 0.205. The van der Waals surface area contributed by atoms with E-state index in [1.54, 1.807) is 34.3 Å². The molecule has 0 radical (unpaired) electrons. The van der Waals surface area contributed by atoms with Gasteiger partial charge in [0.25, 0.3) is 0 Å². The van der Waals surface area contributed by atoms with E-state index in [9.17, 15) is 4.79 Å². The molecule has 0 N–H and O–H groups in total. The Morgan fingerprint density at radius 1 is 1.21 bits per heavy atom. The molecule has 0 atom stereocenters. The second kappa shape index (κ2) is 6.33. The zero-order chi connectivity index (χ0) is 16.4. The number of aromatic nitrogens is 2. The topological polar surface area (TPSA) is 57.3 Å². The summed E-state index contributed by atoms with van der Waals surface area (Å²) < 4.78 is 13.8. The lowest BCUT2D eigenvalue weighted by Gasteiger charge is -2.02. The number of hydrogen-bond acceptors (Lipinski definition) is 5. The first-order chi connectivity index (χ1) is 11.8. The number of rotatable bonds is 5.